The number of benzene rings is 1. The second kappa shape index (κ2) is 11.2. The molecule has 9 nitrogen and oxygen atoms in total. The van der Waals surface area contributed by atoms with Gasteiger partial charge in [0.05, 0.1) is 21.3 Å². The number of hydrogen-bond acceptors (Lipinski definition) is 7. The molecule has 0 bridgehead atoms. The summed E-state index contributed by atoms with van der Waals surface area (Å²) in [4.78, 5) is 23.0. The molecule has 0 amide bonds. The van der Waals surface area contributed by atoms with Gasteiger partial charge in [-0.3, -0.25) is 4.90 Å². The Morgan fingerprint density at radius 3 is 2.07 bits per heavy atom. The van der Waals surface area contributed by atoms with Gasteiger partial charge in [-0.2, -0.15) is 0 Å². The van der Waals surface area contributed by atoms with E-state index in [0.29, 0.717) is 11.5 Å². The van der Waals surface area contributed by atoms with Crippen molar-refractivity contribution in [2.45, 2.75) is 13.0 Å². The van der Waals surface area contributed by atoms with Crippen LogP contribution >= 0.6 is 0 Å². The summed E-state index contributed by atoms with van der Waals surface area (Å²) in [6, 6.07) is 4.01. The molecule has 2 rings (SSSR count). The van der Waals surface area contributed by atoms with Gasteiger partial charge in [-0.1, -0.05) is 6.07 Å². The van der Waals surface area contributed by atoms with Crippen LogP contribution in [-0.4, -0.2) is 86.5 Å². The topological polar surface area (TPSA) is 109 Å². The Kier molecular flexibility index (Phi) is 9.38. The van der Waals surface area contributed by atoms with E-state index < -0.39 is 11.9 Å². The van der Waals surface area contributed by atoms with E-state index in [0.717, 1.165) is 37.5 Å². The molecule has 0 saturated carbocycles. The van der Waals surface area contributed by atoms with Crippen LogP contribution in [0.25, 0.3) is 0 Å². The summed E-state index contributed by atoms with van der Waals surface area (Å²) in [5.41, 5.74) is 1.14. The monoisotopic (exact) mass is 384 g/mol. The summed E-state index contributed by atoms with van der Waals surface area (Å²) in [5, 5.41) is 14.8. The zero-order chi connectivity index (χ0) is 20.4. The van der Waals surface area contributed by atoms with Crippen LogP contribution in [0.15, 0.2) is 12.1 Å². The van der Waals surface area contributed by atoms with Crippen LogP contribution in [0.2, 0.25) is 0 Å². The fraction of sp³-hybridized carbons (Fsp3) is 0.556. The third-order valence-corrected chi connectivity index (χ3v) is 4.17. The van der Waals surface area contributed by atoms with Gasteiger partial charge in [0, 0.05) is 25.2 Å². The Balaban J connectivity index is 0.000000527. The summed E-state index contributed by atoms with van der Waals surface area (Å²) in [7, 11) is 7.14. The van der Waals surface area contributed by atoms with Crippen LogP contribution in [-0.2, 0) is 16.1 Å². The number of nitrogens with zero attached hydrogens (tertiary/aromatic N) is 2. The maximum absolute atomic E-state index is 9.10. The van der Waals surface area contributed by atoms with Crippen LogP contribution in [0.5, 0.6) is 17.2 Å². The smallest absolute Gasteiger partial charge is 0.414 e. The normalized spacial score (nSPS) is 15.1. The molecule has 1 saturated heterocycles. The second-order valence-corrected chi connectivity index (χ2v) is 6.04. The number of rotatable bonds is 5. The molecule has 0 radical (unpaired) electrons. The molecule has 152 valence electrons. The Bertz CT molecular complexity index is 624. The van der Waals surface area contributed by atoms with Crippen LogP contribution in [0.3, 0.4) is 0 Å². The number of carboxylic acids is 2. The van der Waals surface area contributed by atoms with Gasteiger partial charge in [0.1, 0.15) is 0 Å². The fourth-order valence-electron chi connectivity index (χ4n) is 2.79. The lowest BCUT2D eigenvalue weighted by molar-refractivity contribution is -0.159. The zero-order valence-corrected chi connectivity index (χ0v) is 16.2. The Morgan fingerprint density at radius 1 is 0.926 bits per heavy atom. The summed E-state index contributed by atoms with van der Waals surface area (Å²) in [5.74, 6) is -1.50. The molecule has 27 heavy (non-hydrogen) atoms. The van der Waals surface area contributed by atoms with Crippen molar-refractivity contribution in [3.63, 3.8) is 0 Å². The first-order valence-electron chi connectivity index (χ1n) is 8.49. The highest BCUT2D eigenvalue weighted by atomic mass is 16.5. The average molecular weight is 384 g/mol. The van der Waals surface area contributed by atoms with Crippen molar-refractivity contribution in [2.24, 2.45) is 0 Å². The Labute approximate surface area is 159 Å². The van der Waals surface area contributed by atoms with Gasteiger partial charge in [-0.15, -0.1) is 0 Å². The highest BCUT2D eigenvalue weighted by Gasteiger charge is 2.19. The van der Waals surface area contributed by atoms with Gasteiger partial charge in [0.25, 0.3) is 0 Å². The SMILES string of the molecule is COc1ccc(CN2CCCN(C)CC2)c(OC)c1OC.O=C(O)C(=O)O. The lowest BCUT2D eigenvalue weighted by atomic mass is 10.1. The van der Waals surface area contributed by atoms with Gasteiger partial charge in [0.2, 0.25) is 5.75 Å². The number of hydrogen-bond donors (Lipinski definition) is 2. The van der Waals surface area contributed by atoms with E-state index in [1.54, 1.807) is 21.3 Å². The van der Waals surface area contributed by atoms with E-state index in [1.165, 1.54) is 13.0 Å². The predicted octanol–water partition coefficient (Wildman–Crippen LogP) is 1.01. The van der Waals surface area contributed by atoms with Crippen molar-refractivity contribution in [1.82, 2.24) is 9.80 Å². The van der Waals surface area contributed by atoms with E-state index >= 15 is 0 Å². The number of methoxy groups -OCH3 is 3. The third-order valence-electron chi connectivity index (χ3n) is 4.17. The summed E-state index contributed by atoms with van der Waals surface area (Å²) >= 11 is 0. The molecule has 1 fully saturated rings. The predicted molar refractivity (Wildman–Crippen MR) is 98.8 cm³/mol. The van der Waals surface area contributed by atoms with Crippen molar-refractivity contribution in [3.8, 4) is 17.2 Å². The quantitative estimate of drug-likeness (QED) is 0.719. The number of carboxylic acid groups (broad SMARTS) is 2. The molecular formula is C18H28N2O7. The molecule has 0 atom stereocenters. The molecule has 1 aromatic carbocycles. The van der Waals surface area contributed by atoms with Gasteiger partial charge in [-0.25, -0.2) is 9.59 Å². The maximum atomic E-state index is 9.10. The second-order valence-electron chi connectivity index (χ2n) is 6.04. The van der Waals surface area contributed by atoms with E-state index in [9.17, 15) is 0 Å². The average Bonchev–Trinajstić information content (AvgIpc) is 2.85. The molecule has 0 aliphatic carbocycles. The highest BCUT2D eigenvalue weighted by molar-refractivity contribution is 6.27. The molecule has 2 N–H and O–H groups in total. The van der Waals surface area contributed by atoms with E-state index in [4.69, 9.17) is 34.0 Å². The molecule has 1 aliphatic rings. The third kappa shape index (κ3) is 6.95. The zero-order valence-electron chi connectivity index (χ0n) is 16.2. The number of likely N-dealkylation sites (N-methyl/N-ethyl adjacent to an activating group) is 1. The largest absolute Gasteiger partial charge is 0.493 e. The molecule has 9 heteroatoms. The number of ether oxygens (including phenoxy) is 3. The Morgan fingerprint density at radius 2 is 1.56 bits per heavy atom. The van der Waals surface area contributed by atoms with Crippen molar-refractivity contribution >= 4 is 11.9 Å². The summed E-state index contributed by atoms with van der Waals surface area (Å²) in [6.07, 6.45) is 1.20. The van der Waals surface area contributed by atoms with Crippen LogP contribution in [0.4, 0.5) is 0 Å². The minimum Gasteiger partial charge on any atom is -0.493 e. The molecule has 0 unspecified atom stereocenters. The minimum atomic E-state index is -1.82. The van der Waals surface area contributed by atoms with Crippen molar-refractivity contribution in [3.05, 3.63) is 17.7 Å². The minimum absolute atomic E-state index is 0.671. The summed E-state index contributed by atoms with van der Waals surface area (Å²) in [6.45, 7) is 5.34. The summed E-state index contributed by atoms with van der Waals surface area (Å²) < 4.78 is 16.3. The van der Waals surface area contributed by atoms with E-state index in [2.05, 4.69) is 22.9 Å². The van der Waals surface area contributed by atoms with Crippen molar-refractivity contribution in [1.29, 1.82) is 0 Å². The lowest BCUT2D eigenvalue weighted by Gasteiger charge is -2.22. The maximum Gasteiger partial charge on any atom is 0.414 e. The highest BCUT2D eigenvalue weighted by Crippen LogP contribution is 2.40. The standard InChI is InChI=1S/C16H26N2O3.C2H2O4/c1-17-8-5-9-18(11-10-17)12-13-6-7-14(19-2)16(21-4)15(13)20-3;3-1(4)2(5)6/h6-7H,5,8-12H2,1-4H3;(H,3,4)(H,5,6). The van der Waals surface area contributed by atoms with Crippen LogP contribution in [0.1, 0.15) is 12.0 Å². The van der Waals surface area contributed by atoms with E-state index in [-0.39, 0.29) is 0 Å². The van der Waals surface area contributed by atoms with Gasteiger partial charge >= 0.3 is 11.9 Å². The Hall–Kier alpha value is -2.52. The molecule has 0 spiro atoms. The fourth-order valence-corrected chi connectivity index (χ4v) is 2.79. The van der Waals surface area contributed by atoms with Crippen LogP contribution < -0.4 is 14.2 Å². The first kappa shape index (κ1) is 22.5. The molecular weight excluding hydrogens is 356 g/mol. The number of aliphatic carboxylic acids is 2. The first-order chi connectivity index (χ1) is 12.8. The van der Waals surface area contributed by atoms with Gasteiger partial charge in [-0.05, 0) is 32.6 Å². The lowest BCUT2D eigenvalue weighted by Crippen LogP contribution is -2.28. The molecule has 1 aromatic rings. The van der Waals surface area contributed by atoms with Gasteiger partial charge < -0.3 is 29.3 Å². The molecule has 0 aromatic heterocycles. The molecule has 1 heterocycles. The molecule has 1 aliphatic heterocycles. The van der Waals surface area contributed by atoms with E-state index in [1.807, 2.05) is 6.07 Å². The van der Waals surface area contributed by atoms with Gasteiger partial charge in [0.15, 0.2) is 11.5 Å². The van der Waals surface area contributed by atoms with Crippen LogP contribution in [0, 0.1) is 0 Å². The number of carbonyl (C=O) groups is 2. The first-order valence-corrected chi connectivity index (χ1v) is 8.49. The van der Waals surface area contributed by atoms with Crippen molar-refractivity contribution in [2.75, 3.05) is 54.6 Å². The van der Waals surface area contributed by atoms with Crippen molar-refractivity contribution < 1.29 is 34.0 Å².